The molecule has 1 amide bonds. The van der Waals surface area contributed by atoms with Gasteiger partial charge in [-0.15, -0.1) is 0 Å². The first kappa shape index (κ1) is 10.2. The molecule has 2 aromatic carbocycles. The van der Waals surface area contributed by atoms with Gasteiger partial charge in [-0.05, 0) is 30.3 Å². The standard InChI is InChI=1S/C13H10NO2/c15-13(14-11-7-3-1-4-8-11)16-12-9-5-2-6-10-12/h1-3,5-10H,(H,14,15). The van der Waals surface area contributed by atoms with E-state index in [4.69, 9.17) is 4.74 Å². The van der Waals surface area contributed by atoms with Crippen molar-refractivity contribution in [1.82, 2.24) is 0 Å². The first-order valence-corrected chi connectivity index (χ1v) is 4.84. The van der Waals surface area contributed by atoms with Crippen molar-refractivity contribution in [2.75, 3.05) is 5.32 Å². The molecule has 2 aromatic rings. The lowest BCUT2D eigenvalue weighted by Gasteiger charge is -2.05. The lowest BCUT2D eigenvalue weighted by atomic mass is 10.3. The highest BCUT2D eigenvalue weighted by Crippen LogP contribution is 2.10. The van der Waals surface area contributed by atoms with Crippen LogP contribution in [0.3, 0.4) is 0 Å². The van der Waals surface area contributed by atoms with Crippen LogP contribution in [-0.4, -0.2) is 6.09 Å². The topological polar surface area (TPSA) is 38.3 Å². The minimum Gasteiger partial charge on any atom is -0.410 e. The highest BCUT2D eigenvalue weighted by molar-refractivity contribution is 5.86. The number of benzene rings is 2. The van der Waals surface area contributed by atoms with E-state index in [9.17, 15) is 4.79 Å². The molecule has 0 aromatic heterocycles. The molecule has 3 nitrogen and oxygen atoms in total. The van der Waals surface area contributed by atoms with Crippen molar-refractivity contribution in [3.63, 3.8) is 0 Å². The molecule has 0 aliphatic carbocycles. The van der Waals surface area contributed by atoms with Gasteiger partial charge in [0.25, 0.3) is 0 Å². The first-order chi connectivity index (χ1) is 7.84. The fourth-order valence-corrected chi connectivity index (χ4v) is 1.21. The second kappa shape index (κ2) is 4.98. The lowest BCUT2D eigenvalue weighted by Crippen LogP contribution is -2.16. The Morgan fingerprint density at radius 2 is 1.94 bits per heavy atom. The van der Waals surface area contributed by atoms with Gasteiger partial charge in [-0.25, -0.2) is 4.79 Å². The summed E-state index contributed by atoms with van der Waals surface area (Å²) in [6.07, 6.45) is -0.509. The number of amides is 1. The summed E-state index contributed by atoms with van der Waals surface area (Å²) >= 11 is 0. The van der Waals surface area contributed by atoms with Crippen molar-refractivity contribution < 1.29 is 9.53 Å². The SMILES string of the molecule is O=C(Nc1c[c]ccc1)Oc1ccccc1. The van der Waals surface area contributed by atoms with Gasteiger partial charge in [0.2, 0.25) is 0 Å². The monoisotopic (exact) mass is 212 g/mol. The molecule has 0 saturated carbocycles. The third-order valence-electron chi connectivity index (χ3n) is 1.91. The number of rotatable bonds is 2. The molecular weight excluding hydrogens is 202 g/mol. The number of hydrogen-bond donors (Lipinski definition) is 1. The number of carbonyl (C=O) groups excluding carboxylic acids is 1. The normalized spacial score (nSPS) is 9.50. The van der Waals surface area contributed by atoms with Gasteiger partial charge >= 0.3 is 6.09 Å². The molecule has 16 heavy (non-hydrogen) atoms. The van der Waals surface area contributed by atoms with Gasteiger partial charge in [0.15, 0.2) is 0 Å². The highest BCUT2D eigenvalue weighted by Gasteiger charge is 2.03. The van der Waals surface area contributed by atoms with Gasteiger partial charge in [0, 0.05) is 5.69 Å². The number of hydrogen-bond acceptors (Lipinski definition) is 2. The Bertz CT molecular complexity index is 410. The van der Waals surface area contributed by atoms with E-state index in [0.29, 0.717) is 11.4 Å². The zero-order valence-corrected chi connectivity index (χ0v) is 8.51. The fraction of sp³-hybridized carbons (Fsp3) is 0. The van der Waals surface area contributed by atoms with E-state index in [1.54, 1.807) is 48.5 Å². The molecule has 0 saturated heterocycles. The molecule has 0 heterocycles. The fourth-order valence-electron chi connectivity index (χ4n) is 1.21. The summed E-state index contributed by atoms with van der Waals surface area (Å²) in [7, 11) is 0. The van der Waals surface area contributed by atoms with Gasteiger partial charge in [-0.2, -0.15) is 0 Å². The Labute approximate surface area is 93.7 Å². The highest BCUT2D eigenvalue weighted by atomic mass is 16.6. The average Bonchev–Trinajstić information content (AvgIpc) is 2.31. The molecule has 0 aliphatic rings. The van der Waals surface area contributed by atoms with Crippen LogP contribution in [0, 0.1) is 6.07 Å². The van der Waals surface area contributed by atoms with Gasteiger partial charge in [0.1, 0.15) is 5.75 Å². The molecule has 2 rings (SSSR count). The average molecular weight is 212 g/mol. The van der Waals surface area contributed by atoms with Crippen molar-refractivity contribution in [1.29, 1.82) is 0 Å². The molecular formula is C13H10NO2. The Morgan fingerprint density at radius 1 is 1.12 bits per heavy atom. The summed E-state index contributed by atoms with van der Waals surface area (Å²) in [5, 5.41) is 2.60. The molecule has 1 N–H and O–H groups in total. The van der Waals surface area contributed by atoms with Gasteiger partial charge in [0.05, 0.1) is 0 Å². The summed E-state index contributed by atoms with van der Waals surface area (Å²) in [5.74, 6) is 0.514. The molecule has 0 aliphatic heterocycles. The second-order valence-corrected chi connectivity index (χ2v) is 3.12. The molecule has 0 atom stereocenters. The largest absolute Gasteiger partial charge is 0.417 e. The third-order valence-corrected chi connectivity index (χ3v) is 1.91. The summed E-state index contributed by atoms with van der Waals surface area (Å²) in [5.41, 5.74) is 0.656. The van der Waals surface area contributed by atoms with Crippen LogP contribution in [0.4, 0.5) is 10.5 Å². The van der Waals surface area contributed by atoms with Crippen molar-refractivity contribution in [2.24, 2.45) is 0 Å². The number of ether oxygens (including phenoxy) is 1. The summed E-state index contributed by atoms with van der Waals surface area (Å²) in [6, 6.07) is 18.8. The van der Waals surface area contributed by atoms with Crippen LogP contribution >= 0.6 is 0 Å². The van der Waals surface area contributed by atoms with E-state index in [1.807, 2.05) is 6.07 Å². The molecule has 1 radical (unpaired) electrons. The van der Waals surface area contributed by atoms with E-state index in [-0.39, 0.29) is 0 Å². The molecule has 3 heteroatoms. The molecule has 79 valence electrons. The van der Waals surface area contributed by atoms with Crippen molar-refractivity contribution >= 4 is 11.8 Å². The maximum Gasteiger partial charge on any atom is 0.417 e. The van der Waals surface area contributed by atoms with Crippen LogP contribution in [0.2, 0.25) is 0 Å². The Kier molecular flexibility index (Phi) is 3.18. The summed E-state index contributed by atoms with van der Waals surface area (Å²) in [4.78, 5) is 11.4. The molecule has 0 unspecified atom stereocenters. The van der Waals surface area contributed by atoms with Crippen LogP contribution in [-0.2, 0) is 0 Å². The van der Waals surface area contributed by atoms with Gasteiger partial charge in [-0.3, -0.25) is 5.32 Å². The number of nitrogens with one attached hydrogen (secondary N) is 1. The Morgan fingerprint density at radius 3 is 2.62 bits per heavy atom. The smallest absolute Gasteiger partial charge is 0.410 e. The number of carbonyl (C=O) groups is 1. The maximum atomic E-state index is 11.4. The Hall–Kier alpha value is -2.29. The van der Waals surface area contributed by atoms with Gasteiger partial charge < -0.3 is 4.74 Å². The van der Waals surface area contributed by atoms with E-state index >= 15 is 0 Å². The summed E-state index contributed by atoms with van der Waals surface area (Å²) in [6.45, 7) is 0. The molecule has 0 spiro atoms. The lowest BCUT2D eigenvalue weighted by molar-refractivity contribution is 0.215. The van der Waals surface area contributed by atoms with E-state index in [1.165, 1.54) is 0 Å². The zero-order valence-electron chi connectivity index (χ0n) is 8.51. The minimum atomic E-state index is -0.509. The predicted molar refractivity (Wildman–Crippen MR) is 61.4 cm³/mol. The Balaban J connectivity index is 1.95. The van der Waals surface area contributed by atoms with Crippen LogP contribution in [0.1, 0.15) is 0 Å². The van der Waals surface area contributed by atoms with Crippen molar-refractivity contribution in [3.8, 4) is 5.75 Å². The van der Waals surface area contributed by atoms with Crippen molar-refractivity contribution in [2.45, 2.75) is 0 Å². The quantitative estimate of drug-likeness (QED) is 0.830. The number of anilines is 1. The third kappa shape index (κ3) is 2.85. The predicted octanol–water partition coefficient (Wildman–Crippen LogP) is 3.10. The minimum absolute atomic E-state index is 0.509. The zero-order chi connectivity index (χ0) is 11.2. The first-order valence-electron chi connectivity index (χ1n) is 4.84. The van der Waals surface area contributed by atoms with Gasteiger partial charge in [-0.1, -0.05) is 30.3 Å². The van der Waals surface area contributed by atoms with Crippen LogP contribution in [0.25, 0.3) is 0 Å². The van der Waals surface area contributed by atoms with Crippen LogP contribution < -0.4 is 10.1 Å². The maximum absolute atomic E-state index is 11.4. The van der Waals surface area contributed by atoms with E-state index in [0.717, 1.165) is 0 Å². The van der Waals surface area contributed by atoms with E-state index < -0.39 is 6.09 Å². The van der Waals surface area contributed by atoms with Crippen LogP contribution in [0.5, 0.6) is 5.75 Å². The summed E-state index contributed by atoms with van der Waals surface area (Å²) < 4.78 is 5.05. The molecule has 0 bridgehead atoms. The second-order valence-electron chi connectivity index (χ2n) is 3.12. The number of para-hydroxylation sites is 1. The van der Waals surface area contributed by atoms with E-state index in [2.05, 4.69) is 11.4 Å². The van der Waals surface area contributed by atoms with Crippen molar-refractivity contribution in [3.05, 3.63) is 60.7 Å². The van der Waals surface area contributed by atoms with Crippen LogP contribution in [0.15, 0.2) is 54.6 Å². The molecule has 0 fully saturated rings.